The predicted octanol–water partition coefficient (Wildman–Crippen LogP) is 3.10. The standard InChI is InChI=1S/C19H27N3O4/c1-13(21-22-19(24)14-7-5-4-6-8-14)11-18(23)20-16-12-15(25-2)9-10-17(16)26-3/h9-10,12,14H,4-8,11H2,1-3H3,(H,20,23)(H,22,24)/b21-13-. The molecule has 0 spiro atoms. The van der Waals surface area contributed by atoms with Crippen molar-refractivity contribution in [3.63, 3.8) is 0 Å². The van der Waals surface area contributed by atoms with Gasteiger partial charge in [0.1, 0.15) is 11.5 Å². The van der Waals surface area contributed by atoms with E-state index in [4.69, 9.17) is 9.47 Å². The summed E-state index contributed by atoms with van der Waals surface area (Å²) in [6, 6.07) is 5.16. The van der Waals surface area contributed by atoms with Crippen LogP contribution in [0.2, 0.25) is 0 Å². The highest BCUT2D eigenvalue weighted by Crippen LogP contribution is 2.29. The van der Waals surface area contributed by atoms with Crippen molar-refractivity contribution in [2.75, 3.05) is 19.5 Å². The summed E-state index contributed by atoms with van der Waals surface area (Å²) in [7, 11) is 3.09. The van der Waals surface area contributed by atoms with Gasteiger partial charge >= 0.3 is 0 Å². The van der Waals surface area contributed by atoms with Crippen LogP contribution in [0.3, 0.4) is 0 Å². The number of nitrogens with zero attached hydrogens (tertiary/aromatic N) is 1. The molecule has 0 atom stereocenters. The van der Waals surface area contributed by atoms with E-state index in [9.17, 15) is 9.59 Å². The van der Waals surface area contributed by atoms with E-state index in [2.05, 4.69) is 15.8 Å². The molecule has 0 aliphatic heterocycles. The second-order valence-electron chi connectivity index (χ2n) is 6.45. The molecule has 0 aromatic heterocycles. The number of methoxy groups -OCH3 is 2. The van der Waals surface area contributed by atoms with E-state index in [0.29, 0.717) is 22.9 Å². The van der Waals surface area contributed by atoms with Crippen LogP contribution in [-0.2, 0) is 9.59 Å². The third kappa shape index (κ3) is 5.75. The topological polar surface area (TPSA) is 89.0 Å². The Hall–Kier alpha value is -2.57. The number of rotatable bonds is 7. The summed E-state index contributed by atoms with van der Waals surface area (Å²) >= 11 is 0. The molecule has 0 radical (unpaired) electrons. The molecule has 142 valence electrons. The number of hydrogen-bond acceptors (Lipinski definition) is 5. The Balaban J connectivity index is 1.89. The van der Waals surface area contributed by atoms with Gasteiger partial charge in [0.05, 0.1) is 26.3 Å². The first-order chi connectivity index (χ1) is 12.5. The molecule has 0 bridgehead atoms. The number of anilines is 1. The number of amides is 2. The minimum atomic E-state index is -0.246. The molecule has 7 heteroatoms. The van der Waals surface area contributed by atoms with Gasteiger partial charge in [-0.1, -0.05) is 19.3 Å². The number of ether oxygens (including phenoxy) is 2. The first kappa shape index (κ1) is 19.8. The Bertz CT molecular complexity index is 667. The van der Waals surface area contributed by atoms with Crippen LogP contribution >= 0.6 is 0 Å². The molecular weight excluding hydrogens is 334 g/mol. The smallest absolute Gasteiger partial charge is 0.243 e. The van der Waals surface area contributed by atoms with Gasteiger partial charge in [-0.2, -0.15) is 5.10 Å². The molecule has 1 aromatic rings. The van der Waals surface area contributed by atoms with Gasteiger partial charge in [-0.25, -0.2) is 5.43 Å². The number of carbonyl (C=O) groups excluding carboxylic acids is 2. The summed E-state index contributed by atoms with van der Waals surface area (Å²) in [6.45, 7) is 1.71. The highest BCUT2D eigenvalue weighted by atomic mass is 16.5. The van der Waals surface area contributed by atoms with Gasteiger partial charge < -0.3 is 14.8 Å². The van der Waals surface area contributed by atoms with E-state index in [-0.39, 0.29) is 24.2 Å². The summed E-state index contributed by atoms with van der Waals surface area (Å²) in [6.07, 6.45) is 5.27. The third-order valence-electron chi connectivity index (χ3n) is 4.43. The summed E-state index contributed by atoms with van der Waals surface area (Å²) in [5.74, 6) is 0.893. The van der Waals surface area contributed by atoms with E-state index in [1.807, 2.05) is 0 Å². The molecule has 1 aliphatic rings. The van der Waals surface area contributed by atoms with Crippen molar-refractivity contribution in [2.45, 2.75) is 45.4 Å². The fourth-order valence-electron chi connectivity index (χ4n) is 2.98. The van der Waals surface area contributed by atoms with Crippen molar-refractivity contribution in [1.29, 1.82) is 0 Å². The molecule has 2 rings (SSSR count). The minimum absolute atomic E-state index is 0.0372. The average molecular weight is 361 g/mol. The van der Waals surface area contributed by atoms with Crippen LogP contribution < -0.4 is 20.2 Å². The molecule has 1 saturated carbocycles. The van der Waals surface area contributed by atoms with Crippen LogP contribution in [0.5, 0.6) is 11.5 Å². The van der Waals surface area contributed by atoms with E-state index in [1.54, 1.807) is 32.2 Å². The molecule has 2 amide bonds. The normalized spacial score (nSPS) is 15.3. The zero-order chi connectivity index (χ0) is 18.9. The largest absolute Gasteiger partial charge is 0.497 e. The molecule has 2 N–H and O–H groups in total. The van der Waals surface area contributed by atoms with Crippen LogP contribution in [0.4, 0.5) is 5.69 Å². The number of hydrazone groups is 1. The summed E-state index contributed by atoms with van der Waals surface area (Å²) in [5, 5.41) is 6.84. The van der Waals surface area contributed by atoms with Gasteiger partial charge in [0, 0.05) is 17.7 Å². The maximum Gasteiger partial charge on any atom is 0.243 e. The van der Waals surface area contributed by atoms with Crippen molar-refractivity contribution >= 4 is 23.2 Å². The van der Waals surface area contributed by atoms with Crippen LogP contribution in [0, 0.1) is 5.92 Å². The van der Waals surface area contributed by atoms with Gasteiger partial charge in [0.25, 0.3) is 0 Å². The predicted molar refractivity (Wildman–Crippen MR) is 101 cm³/mol. The van der Waals surface area contributed by atoms with Gasteiger partial charge in [-0.05, 0) is 31.9 Å². The van der Waals surface area contributed by atoms with Gasteiger partial charge in [-0.3, -0.25) is 9.59 Å². The maximum atomic E-state index is 12.2. The van der Waals surface area contributed by atoms with Crippen molar-refractivity contribution in [3.05, 3.63) is 18.2 Å². The lowest BCUT2D eigenvalue weighted by atomic mass is 9.89. The van der Waals surface area contributed by atoms with E-state index in [0.717, 1.165) is 25.7 Å². The monoisotopic (exact) mass is 361 g/mol. The van der Waals surface area contributed by atoms with Gasteiger partial charge in [0.15, 0.2) is 0 Å². The van der Waals surface area contributed by atoms with Crippen LogP contribution in [0.1, 0.15) is 45.4 Å². The fraction of sp³-hybridized carbons (Fsp3) is 0.526. The number of nitrogens with one attached hydrogen (secondary N) is 2. The van der Waals surface area contributed by atoms with E-state index in [1.165, 1.54) is 13.5 Å². The zero-order valence-corrected chi connectivity index (χ0v) is 15.6. The highest BCUT2D eigenvalue weighted by molar-refractivity contribution is 6.06. The van der Waals surface area contributed by atoms with E-state index < -0.39 is 0 Å². The molecular formula is C19H27N3O4. The van der Waals surface area contributed by atoms with Crippen molar-refractivity contribution in [1.82, 2.24) is 5.43 Å². The Kier molecular flexibility index (Phi) is 7.44. The van der Waals surface area contributed by atoms with Gasteiger partial charge in [0.2, 0.25) is 11.8 Å². The molecule has 1 aliphatic carbocycles. The molecule has 7 nitrogen and oxygen atoms in total. The summed E-state index contributed by atoms with van der Waals surface area (Å²) in [5.41, 5.74) is 3.65. The zero-order valence-electron chi connectivity index (χ0n) is 15.6. The molecule has 26 heavy (non-hydrogen) atoms. The third-order valence-corrected chi connectivity index (χ3v) is 4.43. The Morgan fingerprint density at radius 1 is 1.15 bits per heavy atom. The molecule has 1 aromatic carbocycles. The first-order valence-corrected chi connectivity index (χ1v) is 8.88. The SMILES string of the molecule is COc1ccc(OC)c(NC(=O)C/C(C)=N\NC(=O)C2CCCCC2)c1. The lowest BCUT2D eigenvalue weighted by Gasteiger charge is -2.19. The summed E-state index contributed by atoms with van der Waals surface area (Å²) < 4.78 is 10.4. The molecule has 0 heterocycles. The first-order valence-electron chi connectivity index (χ1n) is 8.88. The van der Waals surface area contributed by atoms with Crippen LogP contribution in [0.15, 0.2) is 23.3 Å². The molecule has 1 fully saturated rings. The second-order valence-corrected chi connectivity index (χ2v) is 6.45. The van der Waals surface area contributed by atoms with Gasteiger partial charge in [-0.15, -0.1) is 0 Å². The quantitative estimate of drug-likeness (QED) is 0.577. The maximum absolute atomic E-state index is 12.2. The number of hydrogen-bond donors (Lipinski definition) is 2. The highest BCUT2D eigenvalue weighted by Gasteiger charge is 2.20. The lowest BCUT2D eigenvalue weighted by molar-refractivity contribution is -0.126. The number of carbonyl (C=O) groups is 2. The van der Waals surface area contributed by atoms with E-state index >= 15 is 0 Å². The number of benzene rings is 1. The van der Waals surface area contributed by atoms with Crippen molar-refractivity contribution in [2.24, 2.45) is 11.0 Å². The van der Waals surface area contributed by atoms with Crippen LogP contribution in [0.25, 0.3) is 0 Å². The fourth-order valence-corrected chi connectivity index (χ4v) is 2.98. The molecule has 0 saturated heterocycles. The Morgan fingerprint density at radius 2 is 1.88 bits per heavy atom. The van der Waals surface area contributed by atoms with Crippen molar-refractivity contribution < 1.29 is 19.1 Å². The Labute approximate surface area is 154 Å². The van der Waals surface area contributed by atoms with Crippen molar-refractivity contribution in [3.8, 4) is 11.5 Å². The molecule has 0 unspecified atom stereocenters. The minimum Gasteiger partial charge on any atom is -0.497 e. The Morgan fingerprint density at radius 3 is 2.54 bits per heavy atom. The second kappa shape index (κ2) is 9.79. The average Bonchev–Trinajstić information content (AvgIpc) is 2.66. The lowest BCUT2D eigenvalue weighted by Crippen LogP contribution is -2.29. The summed E-state index contributed by atoms with van der Waals surface area (Å²) in [4.78, 5) is 24.3. The van der Waals surface area contributed by atoms with Crippen LogP contribution in [-0.4, -0.2) is 31.7 Å².